The van der Waals surface area contributed by atoms with Gasteiger partial charge in [-0.3, -0.25) is 19.0 Å². The Balaban J connectivity index is 2.30. The standard InChI is InChI=1S/C15H15N3O3/c1-8-17-11-4-2-3-10(16)14(11)15(21)18(8)12-6-5-9(19)7-13(12)20/h2-4,12H,5-7,16H2,1H3/i1D,4D,5D. The fourth-order valence-corrected chi connectivity index (χ4v) is 2.54. The second-order valence-corrected chi connectivity index (χ2v) is 4.92. The quantitative estimate of drug-likeness (QED) is 0.627. The summed E-state index contributed by atoms with van der Waals surface area (Å²) >= 11 is 0. The zero-order valence-electron chi connectivity index (χ0n) is 14.1. The van der Waals surface area contributed by atoms with Gasteiger partial charge < -0.3 is 5.73 Å². The molecule has 1 aromatic carbocycles. The number of anilines is 1. The maximum absolute atomic E-state index is 12.9. The Kier molecular flexibility index (Phi) is 2.35. The minimum absolute atomic E-state index is 0.00154. The van der Waals surface area contributed by atoms with E-state index in [0.717, 1.165) is 4.57 Å². The summed E-state index contributed by atoms with van der Waals surface area (Å²) in [5, 5.41) is 0.0194. The molecule has 6 nitrogen and oxygen atoms in total. The van der Waals surface area contributed by atoms with Crippen LogP contribution >= 0.6 is 0 Å². The number of carbonyl (C=O) groups excluding carboxylic acids is 2. The van der Waals surface area contributed by atoms with Crippen LogP contribution in [0.5, 0.6) is 0 Å². The Morgan fingerprint density at radius 1 is 1.52 bits per heavy atom. The van der Waals surface area contributed by atoms with Crippen molar-refractivity contribution in [2.75, 3.05) is 5.73 Å². The van der Waals surface area contributed by atoms with Crippen molar-refractivity contribution in [1.82, 2.24) is 9.55 Å². The van der Waals surface area contributed by atoms with Gasteiger partial charge >= 0.3 is 0 Å². The molecule has 1 aliphatic rings. The zero-order valence-corrected chi connectivity index (χ0v) is 11.1. The van der Waals surface area contributed by atoms with Crippen molar-refractivity contribution in [3.8, 4) is 0 Å². The Hall–Kier alpha value is -2.50. The molecule has 1 saturated carbocycles. The van der Waals surface area contributed by atoms with E-state index in [1.807, 2.05) is 0 Å². The molecule has 0 amide bonds. The molecule has 21 heavy (non-hydrogen) atoms. The van der Waals surface area contributed by atoms with E-state index >= 15 is 0 Å². The third-order valence-corrected chi connectivity index (χ3v) is 3.56. The summed E-state index contributed by atoms with van der Waals surface area (Å²) in [7, 11) is 0. The van der Waals surface area contributed by atoms with E-state index in [1.54, 1.807) is 0 Å². The number of hydrogen-bond donors (Lipinski definition) is 1. The molecule has 0 aliphatic heterocycles. The summed E-state index contributed by atoms with van der Waals surface area (Å²) in [6, 6.07) is 1.81. The van der Waals surface area contributed by atoms with Crippen molar-refractivity contribution in [2.45, 2.75) is 32.2 Å². The lowest BCUT2D eigenvalue weighted by Crippen LogP contribution is -2.36. The molecule has 0 bridgehead atoms. The molecule has 0 radical (unpaired) electrons. The van der Waals surface area contributed by atoms with Crippen molar-refractivity contribution in [2.24, 2.45) is 0 Å². The number of fused-ring (bicyclic) bond motifs is 1. The Labute approximate surface area is 124 Å². The number of ketones is 2. The first-order valence-electron chi connectivity index (χ1n) is 8.20. The molecule has 1 heterocycles. The van der Waals surface area contributed by atoms with Gasteiger partial charge in [0.15, 0.2) is 5.78 Å². The highest BCUT2D eigenvalue weighted by atomic mass is 16.2. The Morgan fingerprint density at radius 2 is 2.33 bits per heavy atom. The molecule has 2 unspecified atom stereocenters. The van der Waals surface area contributed by atoms with E-state index in [0.29, 0.717) is 0 Å². The number of nitrogens with two attached hydrogens (primary N) is 1. The van der Waals surface area contributed by atoms with Crippen LogP contribution in [0.1, 0.15) is 35.2 Å². The lowest BCUT2D eigenvalue weighted by Gasteiger charge is -2.24. The van der Waals surface area contributed by atoms with Crippen molar-refractivity contribution < 1.29 is 13.7 Å². The summed E-state index contributed by atoms with van der Waals surface area (Å²) in [6.07, 6.45) is -1.62. The molecule has 0 saturated heterocycles. The van der Waals surface area contributed by atoms with E-state index in [2.05, 4.69) is 4.98 Å². The monoisotopic (exact) mass is 288 g/mol. The summed E-state index contributed by atoms with van der Waals surface area (Å²) in [5.74, 6) is -0.924. The van der Waals surface area contributed by atoms with Gasteiger partial charge in [0.2, 0.25) is 0 Å². The maximum Gasteiger partial charge on any atom is 0.264 e. The van der Waals surface area contributed by atoms with Crippen LogP contribution in [0.4, 0.5) is 5.69 Å². The highest BCUT2D eigenvalue weighted by Crippen LogP contribution is 2.24. The fourth-order valence-electron chi connectivity index (χ4n) is 2.54. The van der Waals surface area contributed by atoms with Gasteiger partial charge in [-0.2, -0.15) is 0 Å². The number of nitrogens with zero attached hydrogens (tertiary/aromatic N) is 2. The van der Waals surface area contributed by atoms with Crippen molar-refractivity contribution >= 4 is 28.2 Å². The topological polar surface area (TPSA) is 95.0 Å². The average Bonchev–Trinajstić information content (AvgIpc) is 2.54. The smallest absolute Gasteiger partial charge is 0.264 e. The van der Waals surface area contributed by atoms with E-state index < -0.39 is 36.0 Å². The lowest BCUT2D eigenvalue weighted by molar-refractivity contribution is -0.132. The molecule has 2 N–H and O–H groups in total. The SMILES string of the molecule is [2H]Cc1nc2c([2H])ccc(N)c2c(=O)n1C1CC([2H])C(=O)CC1=O. The molecule has 1 fully saturated rings. The molecule has 0 spiro atoms. The molecule has 2 aromatic rings. The molecule has 108 valence electrons. The average molecular weight is 288 g/mol. The third-order valence-electron chi connectivity index (χ3n) is 3.56. The summed E-state index contributed by atoms with van der Waals surface area (Å²) in [5.41, 5.74) is 5.44. The lowest BCUT2D eigenvalue weighted by atomic mass is 9.92. The van der Waals surface area contributed by atoms with Gasteiger partial charge in [-0.15, -0.1) is 0 Å². The molecular weight excluding hydrogens is 270 g/mol. The number of carbonyl (C=O) groups is 2. The van der Waals surface area contributed by atoms with Crippen LogP contribution in [0.15, 0.2) is 23.0 Å². The van der Waals surface area contributed by atoms with Crippen molar-refractivity contribution in [1.29, 1.82) is 0 Å². The normalized spacial score (nSPS) is 24.7. The second kappa shape index (κ2) is 4.80. The minimum Gasteiger partial charge on any atom is -0.398 e. The minimum atomic E-state index is -1.09. The number of rotatable bonds is 1. The Bertz CT molecular complexity index is 926. The van der Waals surface area contributed by atoms with Crippen LogP contribution in [0.3, 0.4) is 0 Å². The van der Waals surface area contributed by atoms with E-state index in [4.69, 9.17) is 9.85 Å². The second-order valence-electron chi connectivity index (χ2n) is 4.92. The first-order valence-corrected chi connectivity index (χ1v) is 6.42. The van der Waals surface area contributed by atoms with Crippen molar-refractivity contribution in [3.63, 3.8) is 0 Å². The summed E-state index contributed by atoms with van der Waals surface area (Å²) < 4.78 is 24.3. The van der Waals surface area contributed by atoms with E-state index in [1.165, 1.54) is 12.1 Å². The molecule has 1 aliphatic carbocycles. The fraction of sp³-hybridized carbons (Fsp3) is 0.333. The van der Waals surface area contributed by atoms with Gasteiger partial charge in [-0.05, 0) is 25.4 Å². The van der Waals surface area contributed by atoms with Gasteiger partial charge in [-0.25, -0.2) is 4.98 Å². The molecule has 1 aromatic heterocycles. The van der Waals surface area contributed by atoms with Gasteiger partial charge in [-0.1, -0.05) is 6.07 Å². The van der Waals surface area contributed by atoms with Crippen LogP contribution in [0, 0.1) is 6.90 Å². The molecule has 6 heteroatoms. The first-order chi connectivity index (χ1) is 11.3. The number of hydrogen-bond acceptors (Lipinski definition) is 5. The summed E-state index contributed by atoms with van der Waals surface area (Å²) in [6.45, 7) is -0.375. The number of Topliss-reactive ketones (excluding diaryl/α,β-unsaturated/α-hetero) is 2. The predicted octanol–water partition coefficient (Wildman–Crippen LogP) is 1.15. The predicted molar refractivity (Wildman–Crippen MR) is 78.1 cm³/mol. The Morgan fingerprint density at radius 3 is 3.10 bits per heavy atom. The highest BCUT2D eigenvalue weighted by molar-refractivity contribution is 6.03. The van der Waals surface area contributed by atoms with Crippen LogP contribution in [0.2, 0.25) is 0 Å². The number of aromatic nitrogens is 2. The zero-order chi connectivity index (χ0) is 17.6. The van der Waals surface area contributed by atoms with Crippen LogP contribution in [-0.4, -0.2) is 21.1 Å². The largest absolute Gasteiger partial charge is 0.398 e. The molecule has 2 atom stereocenters. The molecular formula is C15H15N3O3. The third kappa shape index (κ3) is 2.12. The van der Waals surface area contributed by atoms with Crippen molar-refractivity contribution in [3.05, 3.63) is 34.4 Å². The van der Waals surface area contributed by atoms with Crippen LogP contribution in [0.25, 0.3) is 10.9 Å². The number of benzene rings is 1. The first kappa shape index (κ1) is 10.3. The van der Waals surface area contributed by atoms with Gasteiger partial charge in [0.25, 0.3) is 5.56 Å². The van der Waals surface area contributed by atoms with Crippen LogP contribution < -0.4 is 11.3 Å². The number of aryl methyl sites for hydroxylation is 1. The molecule has 3 rings (SSSR count). The van der Waals surface area contributed by atoms with Gasteiger partial charge in [0, 0.05) is 14.8 Å². The van der Waals surface area contributed by atoms with Crippen LogP contribution in [-0.2, 0) is 9.59 Å². The van der Waals surface area contributed by atoms with Gasteiger partial charge in [0.05, 0.1) is 24.7 Å². The van der Waals surface area contributed by atoms with Gasteiger partial charge in [0.1, 0.15) is 11.6 Å². The maximum atomic E-state index is 12.9. The summed E-state index contributed by atoms with van der Waals surface area (Å²) in [4.78, 5) is 40.8. The van der Waals surface area contributed by atoms with E-state index in [9.17, 15) is 14.4 Å². The van der Waals surface area contributed by atoms with E-state index in [-0.39, 0.29) is 41.8 Å². The highest BCUT2D eigenvalue weighted by Gasteiger charge is 2.30. The number of nitrogen functional groups attached to an aromatic ring is 1.